The van der Waals surface area contributed by atoms with Gasteiger partial charge in [-0.2, -0.15) is 0 Å². The molecule has 0 unspecified atom stereocenters. The highest BCUT2D eigenvalue weighted by molar-refractivity contribution is 6.03. The molecule has 0 radical (unpaired) electrons. The number of nitrogens with zero attached hydrogens (tertiary/aromatic N) is 6. The van der Waals surface area contributed by atoms with Gasteiger partial charge in [-0.25, -0.2) is 4.98 Å². The maximum absolute atomic E-state index is 14.0. The lowest BCUT2D eigenvalue weighted by Crippen LogP contribution is -2.45. The van der Waals surface area contributed by atoms with Crippen LogP contribution in [0.3, 0.4) is 0 Å². The smallest absolute Gasteiger partial charge is 0.245 e. The van der Waals surface area contributed by atoms with Crippen molar-refractivity contribution in [1.82, 2.24) is 29.6 Å². The highest BCUT2D eigenvalue weighted by Crippen LogP contribution is 2.37. The molecule has 4 heterocycles. The number of imidazole rings is 1. The summed E-state index contributed by atoms with van der Waals surface area (Å²) in [6.45, 7) is 1.49. The number of nitrogens with one attached hydrogen (secondary N) is 1. The van der Waals surface area contributed by atoms with Gasteiger partial charge in [0.1, 0.15) is 17.9 Å². The number of aromatic nitrogens is 2. The Morgan fingerprint density at radius 1 is 0.581 bits per heavy atom. The molecule has 2 saturated heterocycles. The SMILES string of the molecule is CN(C)[C@@H](C(=O)N1CCC[C@H]1C1=NC=C(c2ccc(-c3ccc(-c4ccc(-c5cnc([C@@H]6CCCN6C(=O)[C@@H](c6ccccc6)N(C)C)[nH]5)cc4)cc3)cc2)C1)c1ccccc1. The number of hydrogen-bond donors (Lipinski definition) is 1. The molecule has 0 bridgehead atoms. The van der Waals surface area contributed by atoms with Crippen LogP contribution in [0, 0.1) is 0 Å². The van der Waals surface area contributed by atoms with E-state index in [1.54, 1.807) is 0 Å². The van der Waals surface area contributed by atoms with Gasteiger partial charge in [0.25, 0.3) is 0 Å². The molecule has 9 nitrogen and oxygen atoms in total. The fourth-order valence-corrected chi connectivity index (χ4v) is 9.65. The average Bonchev–Trinajstić information content (AvgIpc) is 4.15. The summed E-state index contributed by atoms with van der Waals surface area (Å²) in [4.78, 5) is 49.2. The average molecular weight is 822 g/mol. The van der Waals surface area contributed by atoms with Gasteiger partial charge >= 0.3 is 0 Å². The second-order valence-corrected chi connectivity index (χ2v) is 17.3. The largest absolute Gasteiger partial charge is 0.340 e. The van der Waals surface area contributed by atoms with Crippen molar-refractivity contribution in [3.63, 3.8) is 0 Å². The number of allylic oxidation sites excluding steroid dienone is 1. The number of benzene rings is 5. The Balaban J connectivity index is 0.816. The standard InChI is InChI=1S/C53H55N7O2/c1-57(2)49(42-13-7-5-8-14-42)52(61)59-31-11-17-47(59)45-33-44(34-54-45)40-25-23-38(24-26-40)36-19-21-37(22-20-36)39-27-29-41(30-28-39)46-35-55-51(56-46)48-18-12-32-60(48)53(62)50(58(3)4)43-15-9-6-10-16-43/h5-10,13-16,19-30,34-35,47-50H,11-12,17-18,31-33H2,1-4H3,(H,55,56)/t47-,48-,49+,50+/m0/s1. The highest BCUT2D eigenvalue weighted by atomic mass is 16.2. The maximum Gasteiger partial charge on any atom is 0.245 e. The molecule has 9 heteroatoms. The van der Waals surface area contributed by atoms with Gasteiger partial charge in [0.2, 0.25) is 11.8 Å². The summed E-state index contributed by atoms with van der Waals surface area (Å²) in [6.07, 6.45) is 8.42. The van der Waals surface area contributed by atoms with Crippen molar-refractivity contribution in [1.29, 1.82) is 0 Å². The number of carbonyl (C=O) groups is 2. The summed E-state index contributed by atoms with van der Waals surface area (Å²) in [6, 6.07) is 45.5. The minimum absolute atomic E-state index is 0.0307. The van der Waals surface area contributed by atoms with Gasteiger partial charge in [0.15, 0.2) is 0 Å². The van der Waals surface area contributed by atoms with Gasteiger partial charge < -0.3 is 14.8 Å². The zero-order valence-electron chi connectivity index (χ0n) is 36.1. The maximum atomic E-state index is 14.0. The number of aromatic amines is 1. The van der Waals surface area contributed by atoms with E-state index < -0.39 is 0 Å². The van der Waals surface area contributed by atoms with Crippen LogP contribution >= 0.6 is 0 Å². The number of hydrogen-bond acceptors (Lipinski definition) is 6. The summed E-state index contributed by atoms with van der Waals surface area (Å²) in [5.41, 5.74) is 12.1. The molecule has 314 valence electrons. The summed E-state index contributed by atoms with van der Waals surface area (Å²) in [5.74, 6) is 1.10. The molecule has 6 aromatic rings. The van der Waals surface area contributed by atoms with Gasteiger partial charge in [-0.05, 0) is 104 Å². The van der Waals surface area contributed by atoms with Crippen LogP contribution in [0.2, 0.25) is 0 Å². The van der Waals surface area contributed by atoms with E-state index in [1.165, 1.54) is 5.57 Å². The van der Waals surface area contributed by atoms with E-state index in [4.69, 9.17) is 9.98 Å². The quantitative estimate of drug-likeness (QED) is 0.133. The van der Waals surface area contributed by atoms with E-state index in [0.717, 1.165) is 107 Å². The Labute approximate surface area is 365 Å². The van der Waals surface area contributed by atoms with E-state index in [0.29, 0.717) is 0 Å². The number of carbonyl (C=O) groups excluding carboxylic acids is 2. The lowest BCUT2D eigenvalue weighted by molar-refractivity contribution is -0.137. The Kier molecular flexibility index (Phi) is 11.8. The molecule has 5 aromatic carbocycles. The number of likely N-dealkylation sites (tertiary alicyclic amines) is 2. The minimum Gasteiger partial charge on any atom is -0.340 e. The predicted molar refractivity (Wildman–Crippen MR) is 249 cm³/mol. The van der Waals surface area contributed by atoms with Crippen molar-refractivity contribution in [2.45, 2.75) is 56.3 Å². The summed E-state index contributed by atoms with van der Waals surface area (Å²) in [5, 5.41) is 0. The van der Waals surface area contributed by atoms with Gasteiger partial charge in [0, 0.05) is 31.4 Å². The van der Waals surface area contributed by atoms with Crippen LogP contribution in [0.25, 0.3) is 39.1 Å². The first-order chi connectivity index (χ1) is 30.2. The van der Waals surface area contributed by atoms with Gasteiger partial charge in [-0.3, -0.25) is 24.4 Å². The summed E-state index contributed by atoms with van der Waals surface area (Å²) < 4.78 is 0. The zero-order chi connectivity index (χ0) is 42.7. The molecule has 0 saturated carbocycles. The molecule has 2 fully saturated rings. The summed E-state index contributed by atoms with van der Waals surface area (Å²) >= 11 is 0. The lowest BCUT2D eigenvalue weighted by atomic mass is 9.95. The van der Waals surface area contributed by atoms with Crippen LogP contribution in [0.15, 0.2) is 151 Å². The Morgan fingerprint density at radius 3 is 1.50 bits per heavy atom. The third kappa shape index (κ3) is 8.30. The molecule has 0 spiro atoms. The predicted octanol–water partition coefficient (Wildman–Crippen LogP) is 9.86. The number of aliphatic imine (C=N–C) groups is 1. The van der Waals surface area contributed by atoms with E-state index in [9.17, 15) is 9.59 Å². The summed E-state index contributed by atoms with van der Waals surface area (Å²) in [7, 11) is 7.89. The number of amides is 2. The number of likely N-dealkylation sites (N-methyl/N-ethyl adjacent to an activating group) is 2. The van der Waals surface area contributed by atoms with E-state index in [1.807, 2.05) is 116 Å². The Hall–Kier alpha value is -6.42. The molecular formula is C53H55N7O2. The molecule has 62 heavy (non-hydrogen) atoms. The van der Waals surface area contributed by atoms with E-state index in [2.05, 4.69) is 82.7 Å². The zero-order valence-corrected chi connectivity index (χ0v) is 36.1. The van der Waals surface area contributed by atoms with Gasteiger partial charge in [0.05, 0.1) is 24.0 Å². The van der Waals surface area contributed by atoms with Crippen molar-refractivity contribution < 1.29 is 9.59 Å². The van der Waals surface area contributed by atoms with Crippen LogP contribution in [0.1, 0.15) is 72.7 Å². The number of H-pyrrole nitrogens is 1. The lowest BCUT2D eigenvalue weighted by Gasteiger charge is -2.32. The fourth-order valence-electron chi connectivity index (χ4n) is 9.65. The number of rotatable bonds is 12. The van der Waals surface area contributed by atoms with Crippen LogP contribution in [-0.4, -0.2) is 94.4 Å². The first-order valence-electron chi connectivity index (χ1n) is 21.9. The third-order valence-electron chi connectivity index (χ3n) is 12.9. The van der Waals surface area contributed by atoms with Crippen molar-refractivity contribution in [2.75, 3.05) is 41.3 Å². The van der Waals surface area contributed by atoms with Gasteiger partial charge in [-0.15, -0.1) is 0 Å². The highest BCUT2D eigenvalue weighted by Gasteiger charge is 2.39. The Bertz CT molecular complexity index is 2560. The topological polar surface area (TPSA) is 88.1 Å². The molecule has 1 N–H and O–H groups in total. The first kappa shape index (κ1) is 41.0. The second-order valence-electron chi connectivity index (χ2n) is 17.3. The van der Waals surface area contributed by atoms with Crippen molar-refractivity contribution in [3.8, 4) is 33.5 Å². The second kappa shape index (κ2) is 17.9. The van der Waals surface area contributed by atoms with Crippen LogP contribution < -0.4 is 0 Å². The van der Waals surface area contributed by atoms with Gasteiger partial charge in [-0.1, -0.05) is 133 Å². The minimum atomic E-state index is -0.338. The molecule has 9 rings (SSSR count). The van der Waals surface area contributed by atoms with Crippen molar-refractivity contribution in [2.24, 2.45) is 4.99 Å². The molecule has 2 amide bonds. The van der Waals surface area contributed by atoms with Crippen LogP contribution in [-0.2, 0) is 9.59 Å². The van der Waals surface area contributed by atoms with Crippen LogP contribution in [0.5, 0.6) is 0 Å². The third-order valence-corrected chi connectivity index (χ3v) is 12.9. The molecule has 4 atom stereocenters. The van der Waals surface area contributed by atoms with E-state index >= 15 is 0 Å². The van der Waals surface area contributed by atoms with Crippen LogP contribution in [0.4, 0.5) is 0 Å². The monoisotopic (exact) mass is 821 g/mol. The molecular weight excluding hydrogens is 767 g/mol. The van der Waals surface area contributed by atoms with E-state index in [-0.39, 0.29) is 36.0 Å². The molecule has 3 aliphatic heterocycles. The molecule has 0 aliphatic carbocycles. The Morgan fingerprint density at radius 2 is 1.02 bits per heavy atom. The normalized spacial score (nSPS) is 18.6. The fraction of sp³-hybridized carbons (Fsp3) is 0.283. The van der Waals surface area contributed by atoms with Crippen molar-refractivity contribution in [3.05, 3.63) is 168 Å². The first-order valence-corrected chi connectivity index (χ1v) is 21.9. The van der Waals surface area contributed by atoms with Crippen molar-refractivity contribution >= 4 is 23.1 Å². The molecule has 3 aliphatic rings. The molecule has 1 aromatic heterocycles.